The van der Waals surface area contributed by atoms with Crippen LogP contribution >= 0.6 is 11.3 Å². The van der Waals surface area contributed by atoms with Gasteiger partial charge in [0.1, 0.15) is 16.1 Å². The molecule has 0 saturated carbocycles. The van der Waals surface area contributed by atoms with Crippen LogP contribution in [0, 0.1) is 0 Å². The van der Waals surface area contributed by atoms with E-state index in [-0.39, 0.29) is 5.91 Å². The zero-order valence-corrected chi connectivity index (χ0v) is 15.8. The molecule has 2 aliphatic rings. The fraction of sp³-hybridized carbons (Fsp3) is 0.667. The summed E-state index contributed by atoms with van der Waals surface area (Å²) >= 11 is 1.32. The van der Waals surface area contributed by atoms with Crippen molar-refractivity contribution >= 4 is 23.2 Å². The summed E-state index contributed by atoms with van der Waals surface area (Å²) in [5.41, 5.74) is -0.182. The van der Waals surface area contributed by atoms with E-state index in [9.17, 15) is 14.7 Å². The van der Waals surface area contributed by atoms with Gasteiger partial charge < -0.3 is 19.5 Å². The number of carbonyl (C=O) groups is 2. The molecule has 1 aromatic rings. The number of carbonyl (C=O) groups excluding carboxylic acids is 1. The third-order valence-electron chi connectivity index (χ3n) is 5.06. The first-order valence-electron chi connectivity index (χ1n) is 8.73. The van der Waals surface area contributed by atoms with Gasteiger partial charge in [-0.3, -0.25) is 4.79 Å². The second-order valence-corrected chi connectivity index (χ2v) is 8.15. The number of ether oxygens (including phenoxy) is 2. The van der Waals surface area contributed by atoms with Gasteiger partial charge in [-0.25, -0.2) is 4.79 Å². The molecule has 0 atom stereocenters. The Morgan fingerprint density at radius 3 is 2.68 bits per heavy atom. The van der Waals surface area contributed by atoms with Crippen LogP contribution in [0.25, 0.3) is 0 Å². The maximum atomic E-state index is 12.7. The Bertz CT molecular complexity index is 673. The first-order chi connectivity index (χ1) is 11.8. The van der Waals surface area contributed by atoms with E-state index < -0.39 is 17.2 Å². The minimum atomic E-state index is -0.888. The monoisotopic (exact) mass is 367 g/mol. The number of carboxylic acid groups (broad SMARTS) is 1. The van der Waals surface area contributed by atoms with E-state index in [2.05, 4.69) is 0 Å². The van der Waals surface area contributed by atoms with E-state index in [1.54, 1.807) is 19.9 Å². The number of hydrogen-bond donors (Lipinski definition) is 1. The highest BCUT2D eigenvalue weighted by Gasteiger charge is 2.45. The van der Waals surface area contributed by atoms with Gasteiger partial charge in [-0.1, -0.05) is 0 Å². The molecule has 0 bridgehead atoms. The number of hydrogen-bond acceptors (Lipinski definition) is 5. The topological polar surface area (TPSA) is 76.1 Å². The van der Waals surface area contributed by atoms with Gasteiger partial charge in [0.2, 0.25) is 0 Å². The lowest BCUT2D eigenvalue weighted by Crippen LogP contribution is -2.53. The summed E-state index contributed by atoms with van der Waals surface area (Å²) < 4.78 is 11.7. The Morgan fingerprint density at radius 1 is 1.40 bits per heavy atom. The van der Waals surface area contributed by atoms with Crippen molar-refractivity contribution in [2.75, 3.05) is 26.3 Å². The molecule has 0 unspecified atom stereocenters. The van der Waals surface area contributed by atoms with E-state index in [0.29, 0.717) is 44.0 Å². The van der Waals surface area contributed by atoms with Crippen molar-refractivity contribution in [2.45, 2.75) is 51.2 Å². The number of thiophene rings is 1. The van der Waals surface area contributed by atoms with Crippen LogP contribution in [-0.4, -0.2) is 53.8 Å². The van der Waals surface area contributed by atoms with Gasteiger partial charge in [0, 0.05) is 24.6 Å². The van der Waals surface area contributed by atoms with Crippen LogP contribution in [0.4, 0.5) is 0 Å². The molecule has 1 fully saturated rings. The number of likely N-dealkylation sites (tertiary alicyclic amines) is 1. The van der Waals surface area contributed by atoms with Crippen LogP contribution in [0.3, 0.4) is 0 Å². The SMILES string of the molecule is CCOC(C)(C)C(=O)N1CCC2(CC1)OCCc1cc(C(=O)O)sc12. The molecule has 1 amide bonds. The summed E-state index contributed by atoms with van der Waals surface area (Å²) in [5, 5.41) is 9.28. The van der Waals surface area contributed by atoms with Crippen LogP contribution in [0.1, 0.15) is 53.7 Å². The fourth-order valence-electron chi connectivity index (χ4n) is 3.77. The van der Waals surface area contributed by atoms with E-state index in [0.717, 1.165) is 16.9 Å². The van der Waals surface area contributed by atoms with Crippen molar-refractivity contribution < 1.29 is 24.2 Å². The molecule has 1 aromatic heterocycles. The highest BCUT2D eigenvalue weighted by Crippen LogP contribution is 2.45. The molecule has 0 aromatic carbocycles. The van der Waals surface area contributed by atoms with Gasteiger partial charge in [-0.15, -0.1) is 11.3 Å². The van der Waals surface area contributed by atoms with E-state index in [1.165, 1.54) is 11.3 Å². The second-order valence-electron chi connectivity index (χ2n) is 7.10. The largest absolute Gasteiger partial charge is 0.477 e. The van der Waals surface area contributed by atoms with Gasteiger partial charge in [0.05, 0.1) is 6.61 Å². The van der Waals surface area contributed by atoms with Crippen molar-refractivity contribution in [1.82, 2.24) is 4.90 Å². The predicted octanol–water partition coefficient (Wildman–Crippen LogP) is 2.65. The van der Waals surface area contributed by atoms with Crippen LogP contribution in [0.2, 0.25) is 0 Å². The Hall–Kier alpha value is -1.44. The van der Waals surface area contributed by atoms with E-state index in [1.807, 2.05) is 11.8 Å². The average Bonchev–Trinajstić information content (AvgIpc) is 3.01. The Kier molecular flexibility index (Phi) is 4.92. The number of fused-ring (bicyclic) bond motifs is 2. The number of aromatic carboxylic acids is 1. The summed E-state index contributed by atoms with van der Waals surface area (Å²) in [5.74, 6) is -0.890. The van der Waals surface area contributed by atoms with Gasteiger partial charge in [-0.05, 0) is 51.7 Å². The number of rotatable bonds is 4. The van der Waals surface area contributed by atoms with Crippen LogP contribution in [0.5, 0.6) is 0 Å². The lowest BCUT2D eigenvalue weighted by atomic mass is 9.85. The second kappa shape index (κ2) is 6.70. The molecule has 1 saturated heterocycles. The van der Waals surface area contributed by atoms with Crippen LogP contribution in [-0.2, 0) is 26.3 Å². The van der Waals surface area contributed by atoms with Gasteiger partial charge >= 0.3 is 5.97 Å². The summed E-state index contributed by atoms with van der Waals surface area (Å²) in [6.45, 7) is 7.77. The summed E-state index contributed by atoms with van der Waals surface area (Å²) in [6, 6.07) is 1.78. The average molecular weight is 367 g/mol. The zero-order valence-electron chi connectivity index (χ0n) is 15.0. The fourth-order valence-corrected chi connectivity index (χ4v) is 5.02. The quantitative estimate of drug-likeness (QED) is 0.885. The van der Waals surface area contributed by atoms with Crippen molar-refractivity contribution in [3.05, 3.63) is 21.4 Å². The number of nitrogens with zero attached hydrogens (tertiary/aromatic N) is 1. The Morgan fingerprint density at radius 2 is 2.08 bits per heavy atom. The molecule has 0 aliphatic carbocycles. The summed E-state index contributed by atoms with van der Waals surface area (Å²) in [7, 11) is 0. The number of amides is 1. The molecule has 7 heteroatoms. The number of piperidine rings is 1. The van der Waals surface area contributed by atoms with E-state index >= 15 is 0 Å². The zero-order chi connectivity index (χ0) is 18.2. The van der Waals surface area contributed by atoms with Gasteiger partial charge in [-0.2, -0.15) is 0 Å². The van der Waals surface area contributed by atoms with Crippen molar-refractivity contribution in [1.29, 1.82) is 0 Å². The summed E-state index contributed by atoms with van der Waals surface area (Å²) in [6.07, 6.45) is 2.13. The van der Waals surface area contributed by atoms with Crippen molar-refractivity contribution in [3.8, 4) is 0 Å². The highest BCUT2D eigenvalue weighted by atomic mass is 32.1. The molecular weight excluding hydrogens is 342 g/mol. The lowest BCUT2D eigenvalue weighted by molar-refractivity contribution is -0.161. The molecule has 1 spiro atoms. The van der Waals surface area contributed by atoms with Gasteiger partial charge in [0.25, 0.3) is 5.91 Å². The molecule has 3 rings (SSSR count). The maximum absolute atomic E-state index is 12.7. The van der Waals surface area contributed by atoms with Crippen LogP contribution < -0.4 is 0 Å². The minimum Gasteiger partial charge on any atom is -0.477 e. The minimum absolute atomic E-state index is 0.00219. The van der Waals surface area contributed by atoms with E-state index in [4.69, 9.17) is 9.47 Å². The third kappa shape index (κ3) is 3.32. The Balaban J connectivity index is 1.76. The smallest absolute Gasteiger partial charge is 0.345 e. The molecule has 3 heterocycles. The van der Waals surface area contributed by atoms with Crippen LogP contribution in [0.15, 0.2) is 6.07 Å². The first-order valence-corrected chi connectivity index (χ1v) is 9.54. The molecule has 0 radical (unpaired) electrons. The third-order valence-corrected chi connectivity index (χ3v) is 6.41. The summed E-state index contributed by atoms with van der Waals surface area (Å²) in [4.78, 5) is 27.2. The first kappa shape index (κ1) is 18.4. The van der Waals surface area contributed by atoms with Crippen molar-refractivity contribution in [3.63, 3.8) is 0 Å². The molecule has 25 heavy (non-hydrogen) atoms. The highest BCUT2D eigenvalue weighted by molar-refractivity contribution is 7.14. The maximum Gasteiger partial charge on any atom is 0.345 e. The molecule has 2 aliphatic heterocycles. The Labute approximate surface area is 151 Å². The number of carboxylic acids is 1. The standard InChI is InChI=1S/C18H25NO5S/c1-4-23-17(2,3)16(22)19-8-6-18(7-9-19)14-12(5-10-24-18)11-13(25-14)15(20)21/h11H,4-10H2,1-3H3,(H,20,21). The molecule has 138 valence electrons. The van der Waals surface area contributed by atoms with Gasteiger partial charge in [0.15, 0.2) is 0 Å². The normalized spacial score (nSPS) is 19.7. The lowest BCUT2D eigenvalue weighted by Gasteiger charge is -2.45. The molecular formula is C18H25NO5S. The molecule has 6 nitrogen and oxygen atoms in total. The molecule has 1 N–H and O–H groups in total. The predicted molar refractivity (Wildman–Crippen MR) is 94.1 cm³/mol. The van der Waals surface area contributed by atoms with Crippen molar-refractivity contribution in [2.24, 2.45) is 0 Å².